The third-order valence-corrected chi connectivity index (χ3v) is 25.0. The molecule has 0 aliphatic carbocycles. The van der Waals surface area contributed by atoms with Crippen molar-refractivity contribution in [1.29, 1.82) is 0 Å². The van der Waals surface area contributed by atoms with Crippen LogP contribution in [0, 0.1) is 0 Å². The zero-order valence-corrected chi connectivity index (χ0v) is 66.3. The van der Waals surface area contributed by atoms with Crippen LogP contribution in [-0.2, 0) is 0 Å². The van der Waals surface area contributed by atoms with E-state index in [0.29, 0.717) is 0 Å². The second kappa shape index (κ2) is 29.7. The number of nitrogens with zero attached hydrogens (tertiary/aromatic N) is 3. The Hall–Kier alpha value is -15.9. The second-order valence-corrected chi connectivity index (χ2v) is 31.8. The maximum absolute atomic E-state index is 2.42. The highest BCUT2D eigenvalue weighted by Gasteiger charge is 2.21. The van der Waals surface area contributed by atoms with Gasteiger partial charge in [0.1, 0.15) is 0 Å². The van der Waals surface area contributed by atoms with Gasteiger partial charge in [-0.3, -0.25) is 0 Å². The van der Waals surface area contributed by atoms with Gasteiger partial charge in [0.15, 0.2) is 0 Å². The number of rotatable bonds is 9. The largest absolute Gasteiger partial charge is 0.309 e. The molecule has 25 aromatic rings. The lowest BCUT2D eigenvalue weighted by molar-refractivity contribution is 1.20. The molecule has 0 aliphatic heterocycles. The van der Waals surface area contributed by atoms with E-state index < -0.39 is 0 Å². The van der Waals surface area contributed by atoms with Crippen LogP contribution in [0.4, 0.5) is 0 Å². The number of hydrogen-bond donors (Lipinski definition) is 0. The predicted molar refractivity (Wildman–Crippen MR) is 518 cm³/mol. The number of aromatic nitrogens is 3. The summed E-state index contributed by atoms with van der Waals surface area (Å²) in [6, 6.07) is 170. The minimum Gasteiger partial charge on any atom is -0.309 e. The van der Waals surface area contributed by atoms with Gasteiger partial charge in [0, 0.05) is 48.5 Å². The summed E-state index contributed by atoms with van der Waals surface area (Å²) >= 11 is 0. The Morgan fingerprint density at radius 2 is 0.372 bits per heavy atom. The normalized spacial score (nSPS) is 11.6. The lowest BCUT2D eigenvalue weighted by atomic mass is 9.92. The van der Waals surface area contributed by atoms with Gasteiger partial charge in [-0.2, -0.15) is 0 Å². The molecule has 121 heavy (non-hydrogen) atoms. The van der Waals surface area contributed by atoms with Crippen LogP contribution in [0.5, 0.6) is 0 Å². The van der Waals surface area contributed by atoms with Gasteiger partial charge in [0.2, 0.25) is 0 Å². The molecule has 0 spiro atoms. The Labute approximate surface area is 700 Å². The fraction of sp³-hybridized carbons (Fsp3) is 0. The van der Waals surface area contributed by atoms with Crippen molar-refractivity contribution in [3.8, 4) is 83.8 Å². The van der Waals surface area contributed by atoms with Crippen LogP contribution in [0.2, 0.25) is 0 Å². The lowest BCUT2D eigenvalue weighted by Crippen LogP contribution is -1.95. The Balaban J connectivity index is 0.000000106. The molecule has 0 aliphatic rings. The van der Waals surface area contributed by atoms with E-state index in [0.717, 1.165) is 0 Å². The van der Waals surface area contributed by atoms with E-state index in [2.05, 4.69) is 481 Å². The van der Waals surface area contributed by atoms with Gasteiger partial charge in [0.25, 0.3) is 0 Å². The molecule has 0 saturated heterocycles. The number of para-hydroxylation sites is 3. The average molecular weight is 1540 g/mol. The summed E-state index contributed by atoms with van der Waals surface area (Å²) in [5.74, 6) is 0. The Morgan fingerprint density at radius 3 is 0.793 bits per heavy atom. The second-order valence-electron chi connectivity index (χ2n) is 31.8. The summed E-state index contributed by atoms with van der Waals surface area (Å²) in [7, 11) is 0. The molecule has 22 aromatic carbocycles. The molecule has 0 N–H and O–H groups in total. The molecule has 564 valence electrons. The molecular formula is C118H77N3. The predicted octanol–water partition coefficient (Wildman–Crippen LogP) is 32.4. The molecule has 0 unspecified atom stereocenters. The van der Waals surface area contributed by atoms with Gasteiger partial charge < -0.3 is 13.7 Å². The minimum atomic E-state index is 1.21. The van der Waals surface area contributed by atoms with Crippen molar-refractivity contribution in [1.82, 2.24) is 13.7 Å². The molecule has 0 amide bonds. The first kappa shape index (κ1) is 70.5. The monoisotopic (exact) mass is 1540 g/mol. The number of benzene rings is 22. The topological polar surface area (TPSA) is 14.8 Å². The maximum Gasteiger partial charge on any atom is 0.0541 e. The van der Waals surface area contributed by atoms with Gasteiger partial charge in [0.05, 0.1) is 50.2 Å². The van der Waals surface area contributed by atoms with Crippen LogP contribution >= 0.6 is 0 Å². The van der Waals surface area contributed by atoms with Crippen LogP contribution in [0.1, 0.15) is 0 Å². The minimum absolute atomic E-state index is 1.21. The lowest BCUT2D eigenvalue weighted by Gasteiger charge is -2.12. The van der Waals surface area contributed by atoms with Crippen LogP contribution < -0.4 is 0 Å². The van der Waals surface area contributed by atoms with Crippen molar-refractivity contribution in [2.45, 2.75) is 0 Å². The molecule has 3 nitrogen and oxygen atoms in total. The third kappa shape index (κ3) is 12.4. The third-order valence-electron chi connectivity index (χ3n) is 25.0. The first-order valence-corrected chi connectivity index (χ1v) is 41.8. The molecule has 0 saturated carbocycles. The fourth-order valence-electron chi connectivity index (χ4n) is 19.1. The van der Waals surface area contributed by atoms with Crippen molar-refractivity contribution in [3.63, 3.8) is 0 Å². The summed E-state index contributed by atoms with van der Waals surface area (Å²) in [5, 5.41) is 25.4. The first-order chi connectivity index (χ1) is 60.0. The highest BCUT2D eigenvalue weighted by atomic mass is 15.0. The maximum atomic E-state index is 2.42. The van der Waals surface area contributed by atoms with E-state index >= 15 is 0 Å². The van der Waals surface area contributed by atoms with E-state index in [-0.39, 0.29) is 0 Å². The highest BCUT2D eigenvalue weighted by molar-refractivity contribution is 6.17. The van der Waals surface area contributed by atoms with E-state index in [1.54, 1.807) is 0 Å². The molecule has 0 atom stereocenters. The summed E-state index contributed by atoms with van der Waals surface area (Å²) < 4.78 is 7.25. The molecule has 3 heterocycles. The summed E-state index contributed by atoms with van der Waals surface area (Å²) in [5.41, 5.74) is 25.9. The van der Waals surface area contributed by atoms with E-state index in [1.165, 1.54) is 225 Å². The molecule has 0 bridgehead atoms. The van der Waals surface area contributed by atoms with E-state index in [9.17, 15) is 0 Å². The number of hydrogen-bond acceptors (Lipinski definition) is 0. The molecule has 25 rings (SSSR count). The summed E-state index contributed by atoms with van der Waals surface area (Å²) in [6.07, 6.45) is 0. The Morgan fingerprint density at radius 1 is 0.107 bits per heavy atom. The first-order valence-electron chi connectivity index (χ1n) is 41.8. The van der Waals surface area contributed by atoms with Crippen molar-refractivity contribution in [2.24, 2.45) is 0 Å². The summed E-state index contributed by atoms with van der Waals surface area (Å²) in [6.45, 7) is 0. The zero-order chi connectivity index (χ0) is 79.9. The van der Waals surface area contributed by atoms with Gasteiger partial charge in [-0.05, 0) is 211 Å². The molecule has 0 radical (unpaired) electrons. The van der Waals surface area contributed by atoms with Gasteiger partial charge >= 0.3 is 0 Å². The van der Waals surface area contributed by atoms with Gasteiger partial charge in [-0.1, -0.05) is 382 Å². The van der Waals surface area contributed by atoms with Crippen molar-refractivity contribution in [2.75, 3.05) is 0 Å². The molecule has 3 heteroatoms. The van der Waals surface area contributed by atoms with Crippen molar-refractivity contribution >= 4 is 141 Å². The van der Waals surface area contributed by atoms with Crippen LogP contribution in [0.15, 0.2) is 467 Å². The van der Waals surface area contributed by atoms with Crippen molar-refractivity contribution < 1.29 is 0 Å². The van der Waals surface area contributed by atoms with Crippen LogP contribution in [0.25, 0.3) is 225 Å². The quantitative estimate of drug-likeness (QED) is 0.128. The summed E-state index contributed by atoms with van der Waals surface area (Å²) in [4.78, 5) is 0. The van der Waals surface area contributed by atoms with Crippen molar-refractivity contribution in [3.05, 3.63) is 467 Å². The average Bonchev–Trinajstić information content (AvgIpc) is 1.60. The molecular weight excluding hydrogens is 1460 g/mol. The fourth-order valence-corrected chi connectivity index (χ4v) is 19.1. The van der Waals surface area contributed by atoms with E-state index in [4.69, 9.17) is 0 Å². The van der Waals surface area contributed by atoms with Gasteiger partial charge in [-0.15, -0.1) is 0 Å². The van der Waals surface area contributed by atoms with Crippen LogP contribution in [-0.4, -0.2) is 13.7 Å². The van der Waals surface area contributed by atoms with Crippen LogP contribution in [0.3, 0.4) is 0 Å². The SMILES string of the molecule is c1ccc2c(-c3ccc(-c4ccc5c(c4)c4ccccc4n5-c4cccc5ccccc45)cc3)cccc2c1.c1ccc2c(-n3c4ccccc4c4cc(-c5ccc(-c6cc7ccccc7c7ccccc67)cc5)ccc43)cccc2c1.c1ccc2cc(-c3ccc(-c4ccc5c(c4)c4ccccc4n5-c4cccc5ccccc45)cc3)ccc2c1. The Bertz CT molecular complexity index is 8360. The highest BCUT2D eigenvalue weighted by Crippen LogP contribution is 2.44. The number of fused-ring (bicyclic) bond motifs is 17. The standard InChI is InChI=1S/C42H27N.2C38H25N/c1-4-14-34-29(10-1)12-9-19-40(34)43-41-18-8-7-17-37(41)39-26-31(24-25-42(39)43)28-20-22-30(23-21-28)38-27-32-11-2-3-13-33(32)35-15-5-6-16-36(35)38;1-3-13-31-27(9-1)11-7-16-32(31)29-21-19-26(20-22-29)30-23-24-38-35(25-30)34-15-5-6-17-37(34)39(38)36-18-8-12-28-10-2-4-14-33(28)36;1-2-10-30-24-31(21-20-26(30)8-1)27-16-18-28(19-17-27)32-22-23-38-35(25-32)34-13-5-6-14-37(34)39(38)36-15-7-11-29-9-3-4-12-33(29)36/h1-27H;2*1-25H. The smallest absolute Gasteiger partial charge is 0.0541 e. The zero-order valence-electron chi connectivity index (χ0n) is 66.3. The molecule has 0 fully saturated rings. The Kier molecular flexibility index (Phi) is 17.3. The molecule has 3 aromatic heterocycles. The van der Waals surface area contributed by atoms with Gasteiger partial charge in [-0.25, -0.2) is 0 Å². The van der Waals surface area contributed by atoms with E-state index in [1.807, 2.05) is 0 Å².